The van der Waals surface area contributed by atoms with Gasteiger partial charge >= 0.3 is 0 Å². The van der Waals surface area contributed by atoms with Gasteiger partial charge in [-0.2, -0.15) is 10.2 Å². The molecule has 0 unspecified atom stereocenters. The van der Waals surface area contributed by atoms with Gasteiger partial charge in [-0.15, -0.1) is 0 Å². The molecule has 8 nitrogen and oxygen atoms in total. The molecule has 3 rings (SSSR count). The van der Waals surface area contributed by atoms with Crippen molar-refractivity contribution in [3.05, 3.63) is 59.8 Å². The molecule has 0 radical (unpaired) electrons. The molecule has 30 heavy (non-hydrogen) atoms. The van der Waals surface area contributed by atoms with Gasteiger partial charge in [0.2, 0.25) is 0 Å². The number of ether oxygens (including phenoxy) is 3. The van der Waals surface area contributed by atoms with Crippen LogP contribution in [0.5, 0.6) is 17.2 Å². The Balaban J connectivity index is 1.65. The predicted octanol–water partition coefficient (Wildman–Crippen LogP) is 3.65. The molecule has 1 heterocycles. The largest absolute Gasteiger partial charge is 0.497 e. The van der Waals surface area contributed by atoms with Crippen molar-refractivity contribution >= 4 is 12.1 Å². The fourth-order valence-corrected chi connectivity index (χ4v) is 2.69. The lowest BCUT2D eigenvalue weighted by Gasteiger charge is -2.06. The number of nitrogens with zero attached hydrogens (tertiary/aromatic N) is 2. The van der Waals surface area contributed by atoms with Crippen molar-refractivity contribution in [3.63, 3.8) is 0 Å². The molecule has 0 saturated heterocycles. The number of rotatable bonds is 9. The first-order valence-corrected chi connectivity index (χ1v) is 9.48. The third kappa shape index (κ3) is 5.16. The average molecular weight is 408 g/mol. The van der Waals surface area contributed by atoms with E-state index in [4.69, 9.17) is 14.2 Å². The van der Waals surface area contributed by atoms with Gasteiger partial charge in [0.25, 0.3) is 5.91 Å². The number of aromatic amines is 1. The fraction of sp³-hybridized carbons (Fsp3) is 0.227. The number of aromatic nitrogens is 2. The summed E-state index contributed by atoms with van der Waals surface area (Å²) in [6, 6.07) is 14.5. The Kier molecular flexibility index (Phi) is 7.05. The summed E-state index contributed by atoms with van der Waals surface area (Å²) >= 11 is 0. The van der Waals surface area contributed by atoms with Crippen molar-refractivity contribution in [1.82, 2.24) is 15.6 Å². The van der Waals surface area contributed by atoms with E-state index in [1.54, 1.807) is 38.5 Å². The number of hydrazone groups is 1. The van der Waals surface area contributed by atoms with Crippen molar-refractivity contribution in [2.24, 2.45) is 5.10 Å². The third-order valence-corrected chi connectivity index (χ3v) is 4.25. The summed E-state index contributed by atoms with van der Waals surface area (Å²) in [6.45, 7) is 2.73. The maximum atomic E-state index is 12.4. The zero-order chi connectivity index (χ0) is 21.3. The van der Waals surface area contributed by atoms with E-state index in [2.05, 4.69) is 27.6 Å². The highest BCUT2D eigenvalue weighted by atomic mass is 16.5. The summed E-state index contributed by atoms with van der Waals surface area (Å²) in [6.07, 6.45) is 2.44. The van der Waals surface area contributed by atoms with Crippen LogP contribution in [0.15, 0.2) is 53.6 Å². The molecule has 0 fully saturated rings. The van der Waals surface area contributed by atoms with Gasteiger partial charge < -0.3 is 14.2 Å². The predicted molar refractivity (Wildman–Crippen MR) is 114 cm³/mol. The lowest BCUT2D eigenvalue weighted by molar-refractivity contribution is 0.0950. The smallest absolute Gasteiger partial charge is 0.289 e. The number of carbonyl (C=O) groups excluding carboxylic acids is 1. The van der Waals surface area contributed by atoms with Gasteiger partial charge in [-0.3, -0.25) is 9.89 Å². The first-order chi connectivity index (χ1) is 14.6. The number of hydrogen-bond acceptors (Lipinski definition) is 6. The summed E-state index contributed by atoms with van der Waals surface area (Å²) in [5, 5.41) is 10.9. The van der Waals surface area contributed by atoms with Crippen LogP contribution in [0.2, 0.25) is 0 Å². The minimum Gasteiger partial charge on any atom is -0.497 e. The van der Waals surface area contributed by atoms with Crippen molar-refractivity contribution in [3.8, 4) is 28.5 Å². The van der Waals surface area contributed by atoms with E-state index in [1.165, 1.54) is 6.21 Å². The van der Waals surface area contributed by atoms with Gasteiger partial charge in [0.15, 0.2) is 0 Å². The summed E-state index contributed by atoms with van der Waals surface area (Å²) < 4.78 is 16.1. The van der Waals surface area contributed by atoms with Crippen LogP contribution in [0.4, 0.5) is 0 Å². The summed E-state index contributed by atoms with van der Waals surface area (Å²) in [4.78, 5) is 12.4. The standard InChI is InChI=1S/C22H24N4O4/c1-4-11-30-17-7-5-15(6-8-17)19-13-20(25-24-19)22(27)26-23-14-16-12-18(28-2)9-10-21(16)29-3/h5-10,12-14H,4,11H2,1-3H3,(H,24,25)(H,26,27). The van der Waals surface area contributed by atoms with E-state index >= 15 is 0 Å². The lowest BCUT2D eigenvalue weighted by Crippen LogP contribution is -2.18. The molecular formula is C22H24N4O4. The quantitative estimate of drug-likeness (QED) is 0.416. The Bertz CT molecular complexity index is 1010. The minimum atomic E-state index is -0.408. The second-order valence-electron chi connectivity index (χ2n) is 6.35. The van der Waals surface area contributed by atoms with Crippen LogP contribution in [0.25, 0.3) is 11.3 Å². The molecule has 0 aliphatic carbocycles. The van der Waals surface area contributed by atoms with Crippen LogP contribution in [0, 0.1) is 0 Å². The zero-order valence-electron chi connectivity index (χ0n) is 17.1. The number of nitrogens with one attached hydrogen (secondary N) is 2. The average Bonchev–Trinajstić information content (AvgIpc) is 3.28. The van der Waals surface area contributed by atoms with E-state index in [-0.39, 0.29) is 0 Å². The first-order valence-electron chi connectivity index (χ1n) is 9.48. The third-order valence-electron chi connectivity index (χ3n) is 4.25. The molecule has 8 heteroatoms. The molecular weight excluding hydrogens is 384 g/mol. The monoisotopic (exact) mass is 408 g/mol. The minimum absolute atomic E-state index is 0.297. The second kappa shape index (κ2) is 10.1. The van der Waals surface area contributed by atoms with Crippen molar-refractivity contribution in [1.29, 1.82) is 0 Å². The maximum Gasteiger partial charge on any atom is 0.289 e. The van der Waals surface area contributed by atoms with Crippen LogP contribution >= 0.6 is 0 Å². The van der Waals surface area contributed by atoms with Gasteiger partial charge in [-0.25, -0.2) is 5.43 Å². The molecule has 3 aromatic rings. The number of amides is 1. The molecule has 1 amide bonds. The van der Waals surface area contributed by atoms with Gasteiger partial charge in [-0.05, 0) is 55.0 Å². The number of methoxy groups -OCH3 is 2. The Labute approximate surface area is 174 Å². The molecule has 0 bridgehead atoms. The van der Waals surface area contributed by atoms with E-state index in [0.717, 1.165) is 17.7 Å². The first kappa shape index (κ1) is 20.9. The van der Waals surface area contributed by atoms with Gasteiger partial charge in [0.05, 0.1) is 32.7 Å². The van der Waals surface area contributed by atoms with Crippen LogP contribution < -0.4 is 19.6 Å². The van der Waals surface area contributed by atoms with Crippen molar-refractivity contribution in [2.45, 2.75) is 13.3 Å². The van der Waals surface area contributed by atoms with Crippen LogP contribution in [0.3, 0.4) is 0 Å². The van der Waals surface area contributed by atoms with Gasteiger partial charge in [0, 0.05) is 11.1 Å². The van der Waals surface area contributed by atoms with E-state index in [0.29, 0.717) is 35.1 Å². The molecule has 0 spiro atoms. The molecule has 2 N–H and O–H groups in total. The van der Waals surface area contributed by atoms with Gasteiger partial charge in [-0.1, -0.05) is 6.92 Å². The van der Waals surface area contributed by atoms with Gasteiger partial charge in [0.1, 0.15) is 22.9 Å². The number of hydrogen-bond donors (Lipinski definition) is 2. The molecule has 0 saturated carbocycles. The molecule has 2 aromatic carbocycles. The number of carbonyl (C=O) groups is 1. The van der Waals surface area contributed by atoms with E-state index in [9.17, 15) is 4.79 Å². The second-order valence-corrected chi connectivity index (χ2v) is 6.35. The Hall–Kier alpha value is -3.81. The molecule has 1 aromatic heterocycles. The lowest BCUT2D eigenvalue weighted by atomic mass is 10.1. The molecule has 156 valence electrons. The van der Waals surface area contributed by atoms with Crippen LogP contribution in [-0.2, 0) is 0 Å². The maximum absolute atomic E-state index is 12.4. The summed E-state index contributed by atoms with van der Waals surface area (Å²) in [5.74, 6) is 1.67. The van der Waals surface area contributed by atoms with E-state index in [1.807, 2.05) is 24.3 Å². The zero-order valence-corrected chi connectivity index (χ0v) is 17.1. The SMILES string of the molecule is CCCOc1ccc(-c2cc(C(=O)NN=Cc3cc(OC)ccc3OC)[nH]n2)cc1. The molecule has 0 atom stereocenters. The molecule has 0 aliphatic heterocycles. The summed E-state index contributed by atoms with van der Waals surface area (Å²) in [5.41, 5.74) is 4.97. The van der Waals surface area contributed by atoms with Crippen molar-refractivity contribution < 1.29 is 19.0 Å². The number of benzene rings is 2. The Morgan fingerprint density at radius 1 is 1.10 bits per heavy atom. The van der Waals surface area contributed by atoms with Crippen LogP contribution in [-0.4, -0.2) is 43.1 Å². The Morgan fingerprint density at radius 2 is 1.87 bits per heavy atom. The molecule has 0 aliphatic rings. The summed E-state index contributed by atoms with van der Waals surface area (Å²) in [7, 11) is 3.14. The highest BCUT2D eigenvalue weighted by Crippen LogP contribution is 2.23. The fourth-order valence-electron chi connectivity index (χ4n) is 2.69. The number of H-pyrrole nitrogens is 1. The van der Waals surface area contributed by atoms with E-state index < -0.39 is 5.91 Å². The Morgan fingerprint density at radius 3 is 2.57 bits per heavy atom. The topological polar surface area (TPSA) is 97.8 Å². The normalized spacial score (nSPS) is 10.8. The van der Waals surface area contributed by atoms with Crippen LogP contribution in [0.1, 0.15) is 29.4 Å². The highest BCUT2D eigenvalue weighted by molar-refractivity contribution is 5.94. The highest BCUT2D eigenvalue weighted by Gasteiger charge is 2.11. The van der Waals surface area contributed by atoms with Crippen molar-refractivity contribution in [2.75, 3.05) is 20.8 Å².